The molecule has 9 nitrogen and oxygen atoms in total. The predicted molar refractivity (Wildman–Crippen MR) is 160 cm³/mol. The fraction of sp³-hybridized carbons (Fsp3) is 0.484. The van der Waals surface area contributed by atoms with E-state index in [0.717, 1.165) is 37.4 Å². The van der Waals surface area contributed by atoms with Crippen LogP contribution >= 0.6 is 11.8 Å². The summed E-state index contributed by atoms with van der Waals surface area (Å²) >= 11 is 1.46. The summed E-state index contributed by atoms with van der Waals surface area (Å²) in [6.07, 6.45) is 1.48. The van der Waals surface area contributed by atoms with Crippen molar-refractivity contribution in [2.45, 2.75) is 50.4 Å². The third-order valence-corrected chi connectivity index (χ3v) is 8.51. The van der Waals surface area contributed by atoms with Crippen molar-refractivity contribution >= 4 is 35.1 Å². The zero-order valence-corrected chi connectivity index (χ0v) is 25.2. The van der Waals surface area contributed by atoms with E-state index >= 15 is 0 Å². The van der Waals surface area contributed by atoms with Crippen molar-refractivity contribution in [3.05, 3.63) is 65.5 Å². The molecule has 2 aliphatic rings. The molecular weight excluding hydrogens is 557 g/mol. The predicted octanol–water partition coefficient (Wildman–Crippen LogP) is 5.37. The van der Waals surface area contributed by atoms with Crippen molar-refractivity contribution in [3.8, 4) is 0 Å². The Morgan fingerprint density at radius 2 is 1.83 bits per heavy atom. The van der Waals surface area contributed by atoms with Crippen LogP contribution in [0.5, 0.6) is 0 Å². The highest BCUT2D eigenvalue weighted by Gasteiger charge is 2.31. The molecule has 4 heterocycles. The van der Waals surface area contributed by atoms with Crippen LogP contribution in [0.2, 0.25) is 0 Å². The number of anilines is 2. The van der Waals surface area contributed by atoms with Gasteiger partial charge in [0.1, 0.15) is 17.4 Å². The molecule has 1 atom stereocenters. The zero-order valence-electron chi connectivity index (χ0n) is 24.4. The Labute approximate surface area is 250 Å². The number of benzene rings is 1. The van der Waals surface area contributed by atoms with Gasteiger partial charge in [0.25, 0.3) is 5.91 Å². The summed E-state index contributed by atoms with van der Waals surface area (Å²) in [5.41, 5.74) is 1.59. The zero-order chi connectivity index (χ0) is 29.6. The van der Waals surface area contributed by atoms with Crippen LogP contribution in [0, 0.1) is 11.7 Å². The van der Waals surface area contributed by atoms with Crippen molar-refractivity contribution in [2.75, 3.05) is 55.7 Å². The standard InChI is InChI=1S/C31H38FN5O4S/c1-4-40-30(39)22-8-7-13-37(19-22)29(38)27-12-11-23(41-27)20-42-31-33-25(21(2)3)18-28(34-31)36-16-14-35(15-17-36)26-10-6-5-9-24(26)32/h5-6,9-12,18,21-22H,4,7-8,13-17,19-20H2,1-3H3. The number of hydrogen-bond donors (Lipinski definition) is 0. The van der Waals surface area contributed by atoms with Gasteiger partial charge in [-0.2, -0.15) is 0 Å². The van der Waals surface area contributed by atoms with Crippen molar-refractivity contribution < 1.29 is 23.1 Å². The summed E-state index contributed by atoms with van der Waals surface area (Å²) in [6.45, 7) is 10.1. The van der Waals surface area contributed by atoms with Crippen LogP contribution in [-0.2, 0) is 15.3 Å². The molecule has 1 unspecified atom stereocenters. The van der Waals surface area contributed by atoms with E-state index < -0.39 is 0 Å². The number of ether oxygens (including phenoxy) is 1. The SMILES string of the molecule is CCOC(=O)C1CCCN(C(=O)c2ccc(CSc3nc(C(C)C)cc(N4CCN(c5ccccc5F)CC4)n3)o2)C1. The minimum Gasteiger partial charge on any atom is -0.466 e. The Hall–Kier alpha value is -3.60. The number of furan rings is 1. The van der Waals surface area contributed by atoms with E-state index in [0.29, 0.717) is 55.1 Å². The van der Waals surface area contributed by atoms with Gasteiger partial charge in [0.2, 0.25) is 0 Å². The number of rotatable bonds is 9. The van der Waals surface area contributed by atoms with Gasteiger partial charge >= 0.3 is 5.97 Å². The summed E-state index contributed by atoms with van der Waals surface area (Å²) < 4.78 is 25.4. The van der Waals surface area contributed by atoms with Crippen molar-refractivity contribution in [2.24, 2.45) is 5.92 Å². The highest BCUT2D eigenvalue weighted by Crippen LogP contribution is 2.29. The second-order valence-corrected chi connectivity index (χ2v) is 11.9. The average molecular weight is 596 g/mol. The fourth-order valence-electron chi connectivity index (χ4n) is 5.31. The van der Waals surface area contributed by atoms with Gasteiger partial charge in [-0.25, -0.2) is 14.4 Å². The number of esters is 1. The van der Waals surface area contributed by atoms with Gasteiger partial charge in [0.05, 0.1) is 24.0 Å². The number of amides is 1. The van der Waals surface area contributed by atoms with Gasteiger partial charge < -0.3 is 23.9 Å². The van der Waals surface area contributed by atoms with Crippen LogP contribution in [0.4, 0.5) is 15.9 Å². The lowest BCUT2D eigenvalue weighted by molar-refractivity contribution is -0.149. The van der Waals surface area contributed by atoms with Gasteiger partial charge in [-0.15, -0.1) is 0 Å². The molecule has 2 saturated heterocycles. The number of hydrogen-bond acceptors (Lipinski definition) is 9. The number of para-hydroxylation sites is 1. The lowest BCUT2D eigenvalue weighted by atomic mass is 9.98. The fourth-order valence-corrected chi connectivity index (χ4v) is 6.07. The lowest BCUT2D eigenvalue weighted by Gasteiger charge is -2.37. The monoisotopic (exact) mass is 595 g/mol. The summed E-state index contributed by atoms with van der Waals surface area (Å²) in [5, 5.41) is 0.644. The largest absolute Gasteiger partial charge is 0.466 e. The van der Waals surface area contributed by atoms with Crippen molar-refractivity contribution in [3.63, 3.8) is 0 Å². The molecule has 2 fully saturated rings. The first kappa shape index (κ1) is 29.9. The normalized spacial score (nSPS) is 17.5. The molecule has 224 valence electrons. The molecule has 0 radical (unpaired) electrons. The van der Waals surface area contributed by atoms with Crippen LogP contribution < -0.4 is 9.80 Å². The molecule has 3 aromatic rings. The van der Waals surface area contributed by atoms with Crippen LogP contribution in [0.1, 0.15) is 61.5 Å². The molecule has 11 heteroatoms. The number of thioether (sulfide) groups is 1. The number of aromatic nitrogens is 2. The maximum atomic E-state index is 14.3. The summed E-state index contributed by atoms with van der Waals surface area (Å²) in [6, 6.07) is 12.4. The number of likely N-dealkylation sites (tertiary alicyclic amines) is 1. The molecule has 5 rings (SSSR count). The second-order valence-electron chi connectivity index (χ2n) is 10.9. The quantitative estimate of drug-likeness (QED) is 0.184. The van der Waals surface area contributed by atoms with E-state index in [1.807, 2.05) is 24.3 Å². The molecule has 0 N–H and O–H groups in total. The Kier molecular flexibility index (Phi) is 9.66. The average Bonchev–Trinajstić information content (AvgIpc) is 3.49. The molecule has 1 amide bonds. The highest BCUT2D eigenvalue weighted by molar-refractivity contribution is 7.98. The summed E-state index contributed by atoms with van der Waals surface area (Å²) in [7, 11) is 0. The molecule has 2 aliphatic heterocycles. The Bertz CT molecular complexity index is 1390. The molecule has 0 saturated carbocycles. The maximum absolute atomic E-state index is 14.3. The van der Waals surface area contributed by atoms with E-state index in [2.05, 4.69) is 23.6 Å². The summed E-state index contributed by atoms with van der Waals surface area (Å²) in [5.74, 6) is 1.52. The van der Waals surface area contributed by atoms with E-state index in [1.165, 1.54) is 17.8 Å². The third-order valence-electron chi connectivity index (χ3n) is 7.64. The van der Waals surface area contributed by atoms with E-state index in [1.54, 1.807) is 24.0 Å². The Balaban J connectivity index is 1.21. The molecular formula is C31H38FN5O4S. The lowest BCUT2D eigenvalue weighted by Crippen LogP contribution is -2.47. The first-order chi connectivity index (χ1) is 20.3. The van der Waals surface area contributed by atoms with Crippen molar-refractivity contribution in [1.82, 2.24) is 14.9 Å². The molecule has 1 aromatic carbocycles. The minimum absolute atomic E-state index is 0.201. The molecule has 2 aromatic heterocycles. The number of halogens is 1. The highest BCUT2D eigenvalue weighted by atomic mass is 32.2. The number of piperazine rings is 1. The van der Waals surface area contributed by atoms with Gasteiger partial charge in [-0.3, -0.25) is 9.59 Å². The van der Waals surface area contributed by atoms with E-state index in [-0.39, 0.29) is 35.3 Å². The smallest absolute Gasteiger partial charge is 0.310 e. The van der Waals surface area contributed by atoms with Crippen LogP contribution in [0.3, 0.4) is 0 Å². The first-order valence-corrected chi connectivity index (χ1v) is 15.6. The number of carbonyl (C=O) groups excluding carboxylic acids is 2. The molecule has 0 bridgehead atoms. The van der Waals surface area contributed by atoms with Crippen LogP contribution in [-0.4, -0.2) is 72.6 Å². The van der Waals surface area contributed by atoms with E-state index in [4.69, 9.17) is 19.1 Å². The van der Waals surface area contributed by atoms with Gasteiger partial charge in [-0.1, -0.05) is 37.7 Å². The van der Waals surface area contributed by atoms with Crippen LogP contribution in [0.15, 0.2) is 52.0 Å². The second kappa shape index (κ2) is 13.6. The molecule has 42 heavy (non-hydrogen) atoms. The van der Waals surface area contributed by atoms with Gasteiger partial charge in [0, 0.05) is 51.0 Å². The van der Waals surface area contributed by atoms with E-state index in [9.17, 15) is 14.0 Å². The maximum Gasteiger partial charge on any atom is 0.310 e. The minimum atomic E-state index is -0.297. The first-order valence-electron chi connectivity index (χ1n) is 14.6. The van der Waals surface area contributed by atoms with Crippen LogP contribution in [0.25, 0.3) is 0 Å². The van der Waals surface area contributed by atoms with Gasteiger partial charge in [-0.05, 0) is 49.9 Å². The Morgan fingerprint density at radius 1 is 1.07 bits per heavy atom. The molecule has 0 aliphatic carbocycles. The van der Waals surface area contributed by atoms with Gasteiger partial charge in [0.15, 0.2) is 10.9 Å². The van der Waals surface area contributed by atoms with Crippen molar-refractivity contribution in [1.29, 1.82) is 0 Å². The summed E-state index contributed by atoms with van der Waals surface area (Å²) in [4.78, 5) is 40.9. The molecule has 0 spiro atoms. The number of carbonyl (C=O) groups is 2. The number of piperidine rings is 1. The Morgan fingerprint density at radius 3 is 2.57 bits per heavy atom. The topological polar surface area (TPSA) is 92.0 Å². The number of nitrogens with zero attached hydrogens (tertiary/aromatic N) is 5. The third kappa shape index (κ3) is 7.06.